The van der Waals surface area contributed by atoms with Crippen LogP contribution in [0.3, 0.4) is 0 Å². The average Bonchev–Trinajstić information content (AvgIpc) is 2.34. The Morgan fingerprint density at radius 1 is 1.28 bits per heavy atom. The van der Waals surface area contributed by atoms with Crippen molar-refractivity contribution in [2.45, 2.75) is 20.4 Å². The molecule has 0 bridgehead atoms. The Labute approximate surface area is 104 Å². The van der Waals surface area contributed by atoms with E-state index in [0.717, 1.165) is 0 Å². The molecule has 1 aromatic rings. The second-order valence-corrected chi connectivity index (χ2v) is 3.87. The number of carboxylic acids is 1. The molecule has 5 heteroatoms. The van der Waals surface area contributed by atoms with Gasteiger partial charge in [0, 0.05) is 17.7 Å². The number of hydrogen-bond acceptors (Lipinski definition) is 2. The summed E-state index contributed by atoms with van der Waals surface area (Å²) in [6.45, 7) is 2.95. The van der Waals surface area contributed by atoms with Gasteiger partial charge in [-0.05, 0) is 31.5 Å². The highest BCUT2D eigenvalue weighted by Gasteiger charge is 2.12. The molecule has 0 aliphatic carbocycles. The molecule has 1 aromatic carbocycles. The molecule has 96 valence electrons. The molecule has 0 spiro atoms. The van der Waals surface area contributed by atoms with Gasteiger partial charge in [-0.2, -0.15) is 0 Å². The lowest BCUT2D eigenvalue weighted by atomic mass is 10.1. The molecule has 0 radical (unpaired) electrons. The van der Waals surface area contributed by atoms with Crippen molar-refractivity contribution in [3.05, 3.63) is 46.8 Å². The maximum Gasteiger partial charge on any atom is 0.331 e. The molecule has 2 N–H and O–H groups in total. The van der Waals surface area contributed by atoms with Crippen molar-refractivity contribution in [3.8, 4) is 0 Å². The molecule has 1 rings (SSSR count). The van der Waals surface area contributed by atoms with Gasteiger partial charge in [0.2, 0.25) is 5.91 Å². The number of halogens is 1. The van der Waals surface area contributed by atoms with Crippen molar-refractivity contribution in [3.63, 3.8) is 0 Å². The third-order valence-corrected chi connectivity index (χ3v) is 2.57. The maximum absolute atomic E-state index is 12.9. The van der Waals surface area contributed by atoms with Crippen LogP contribution >= 0.6 is 0 Å². The fourth-order valence-electron chi connectivity index (χ4n) is 1.29. The Balaban J connectivity index is 2.67. The predicted molar refractivity (Wildman–Crippen MR) is 64.3 cm³/mol. The Morgan fingerprint density at radius 2 is 1.94 bits per heavy atom. The molecule has 0 aliphatic rings. The van der Waals surface area contributed by atoms with E-state index in [9.17, 15) is 14.0 Å². The highest BCUT2D eigenvalue weighted by Crippen LogP contribution is 2.06. The lowest BCUT2D eigenvalue weighted by Crippen LogP contribution is -2.25. The summed E-state index contributed by atoms with van der Waals surface area (Å²) in [5, 5.41) is 11.3. The third kappa shape index (κ3) is 3.69. The number of nitrogens with one attached hydrogen (secondary N) is 1. The first kappa shape index (κ1) is 13.9. The van der Waals surface area contributed by atoms with Gasteiger partial charge in [0.25, 0.3) is 0 Å². The first-order valence-electron chi connectivity index (χ1n) is 5.35. The van der Waals surface area contributed by atoms with Crippen LogP contribution in [0.4, 0.5) is 4.39 Å². The van der Waals surface area contributed by atoms with Gasteiger partial charge in [0.05, 0.1) is 0 Å². The Bertz CT molecular complexity index is 509. The van der Waals surface area contributed by atoms with Crippen molar-refractivity contribution >= 4 is 11.9 Å². The fourth-order valence-corrected chi connectivity index (χ4v) is 1.29. The van der Waals surface area contributed by atoms with Gasteiger partial charge in [-0.25, -0.2) is 9.18 Å². The van der Waals surface area contributed by atoms with Crippen LogP contribution in [0.1, 0.15) is 19.4 Å². The standard InChI is InChI=1S/C13H14FNO3/c1-8(9(2)13(17)18)12(16)15-7-10-4-3-5-11(14)6-10/h3-6H,7H2,1-2H3,(H,15,16)(H,17,18). The molecule has 0 saturated carbocycles. The Kier molecular flexibility index (Phi) is 4.59. The van der Waals surface area contributed by atoms with Gasteiger partial charge < -0.3 is 10.4 Å². The van der Waals surface area contributed by atoms with Crippen molar-refractivity contribution in [2.75, 3.05) is 0 Å². The van der Waals surface area contributed by atoms with Crippen molar-refractivity contribution in [1.29, 1.82) is 0 Å². The van der Waals surface area contributed by atoms with E-state index in [4.69, 9.17) is 5.11 Å². The van der Waals surface area contributed by atoms with Crippen LogP contribution in [0.5, 0.6) is 0 Å². The number of aliphatic carboxylic acids is 1. The molecule has 0 heterocycles. The smallest absolute Gasteiger partial charge is 0.331 e. The topological polar surface area (TPSA) is 66.4 Å². The SMILES string of the molecule is CC(C(=O)O)=C(C)C(=O)NCc1cccc(F)c1. The molecular weight excluding hydrogens is 237 g/mol. The van der Waals surface area contributed by atoms with Crippen LogP contribution < -0.4 is 5.32 Å². The van der Waals surface area contributed by atoms with Crippen LogP contribution in [0, 0.1) is 5.82 Å². The number of hydrogen-bond donors (Lipinski definition) is 2. The zero-order chi connectivity index (χ0) is 13.7. The molecule has 4 nitrogen and oxygen atoms in total. The van der Waals surface area contributed by atoms with Crippen LogP contribution in [-0.2, 0) is 16.1 Å². The van der Waals surface area contributed by atoms with E-state index in [1.807, 2.05) is 0 Å². The van der Waals surface area contributed by atoms with Gasteiger partial charge >= 0.3 is 5.97 Å². The molecular formula is C13H14FNO3. The van der Waals surface area contributed by atoms with E-state index in [0.29, 0.717) is 5.56 Å². The lowest BCUT2D eigenvalue weighted by molar-refractivity contribution is -0.133. The van der Waals surface area contributed by atoms with Gasteiger partial charge in [0.15, 0.2) is 0 Å². The zero-order valence-corrected chi connectivity index (χ0v) is 10.2. The fraction of sp³-hybridized carbons (Fsp3) is 0.231. The predicted octanol–water partition coefficient (Wildman–Crippen LogP) is 1.86. The molecule has 0 unspecified atom stereocenters. The average molecular weight is 251 g/mol. The van der Waals surface area contributed by atoms with E-state index in [2.05, 4.69) is 5.32 Å². The maximum atomic E-state index is 12.9. The summed E-state index contributed by atoms with van der Waals surface area (Å²) in [4.78, 5) is 22.3. The number of amides is 1. The molecule has 0 saturated heterocycles. The van der Waals surface area contributed by atoms with Crippen LogP contribution in [0.25, 0.3) is 0 Å². The summed E-state index contributed by atoms with van der Waals surface area (Å²) in [6.07, 6.45) is 0. The molecule has 0 aliphatic heterocycles. The van der Waals surface area contributed by atoms with E-state index < -0.39 is 11.9 Å². The van der Waals surface area contributed by atoms with Gasteiger partial charge in [0.1, 0.15) is 5.82 Å². The number of carbonyl (C=O) groups excluding carboxylic acids is 1. The molecule has 1 amide bonds. The Hall–Kier alpha value is -2.17. The van der Waals surface area contributed by atoms with Crippen LogP contribution in [0.15, 0.2) is 35.4 Å². The lowest BCUT2D eigenvalue weighted by Gasteiger charge is -2.07. The highest BCUT2D eigenvalue weighted by molar-refractivity contribution is 6.01. The second-order valence-electron chi connectivity index (χ2n) is 3.87. The van der Waals surface area contributed by atoms with Crippen molar-refractivity contribution in [1.82, 2.24) is 5.32 Å². The zero-order valence-electron chi connectivity index (χ0n) is 10.2. The van der Waals surface area contributed by atoms with Crippen molar-refractivity contribution in [2.24, 2.45) is 0 Å². The molecule has 0 aromatic heterocycles. The molecule has 0 fully saturated rings. The first-order valence-corrected chi connectivity index (χ1v) is 5.35. The quantitative estimate of drug-likeness (QED) is 0.803. The molecule has 18 heavy (non-hydrogen) atoms. The van der Waals surface area contributed by atoms with E-state index >= 15 is 0 Å². The third-order valence-electron chi connectivity index (χ3n) is 2.57. The summed E-state index contributed by atoms with van der Waals surface area (Å²) in [7, 11) is 0. The van der Waals surface area contributed by atoms with Crippen LogP contribution in [0.2, 0.25) is 0 Å². The van der Waals surface area contributed by atoms with Gasteiger partial charge in [-0.1, -0.05) is 12.1 Å². The van der Waals surface area contributed by atoms with Gasteiger partial charge in [-0.15, -0.1) is 0 Å². The molecule has 0 atom stereocenters. The van der Waals surface area contributed by atoms with Crippen LogP contribution in [-0.4, -0.2) is 17.0 Å². The number of rotatable bonds is 4. The minimum Gasteiger partial charge on any atom is -0.478 e. The first-order chi connectivity index (χ1) is 8.41. The summed E-state index contributed by atoms with van der Waals surface area (Å²) in [6, 6.07) is 5.84. The van der Waals surface area contributed by atoms with E-state index in [-0.39, 0.29) is 23.5 Å². The van der Waals surface area contributed by atoms with E-state index in [1.54, 1.807) is 12.1 Å². The Morgan fingerprint density at radius 3 is 2.50 bits per heavy atom. The minimum atomic E-state index is -1.13. The largest absolute Gasteiger partial charge is 0.478 e. The second kappa shape index (κ2) is 5.95. The van der Waals surface area contributed by atoms with Crippen molar-refractivity contribution < 1.29 is 19.1 Å². The normalized spacial score (nSPS) is 11.7. The number of carboxylic acid groups (broad SMARTS) is 1. The summed E-state index contributed by atoms with van der Waals surface area (Å²) in [5.41, 5.74) is 0.745. The van der Waals surface area contributed by atoms with Gasteiger partial charge in [-0.3, -0.25) is 4.79 Å². The summed E-state index contributed by atoms with van der Waals surface area (Å²) >= 11 is 0. The number of carbonyl (C=O) groups is 2. The summed E-state index contributed by atoms with van der Waals surface area (Å²) in [5.74, 6) is -1.98. The van der Waals surface area contributed by atoms with E-state index in [1.165, 1.54) is 26.0 Å². The summed E-state index contributed by atoms with van der Waals surface area (Å²) < 4.78 is 12.9. The highest BCUT2D eigenvalue weighted by atomic mass is 19.1. The number of benzene rings is 1. The monoisotopic (exact) mass is 251 g/mol. The minimum absolute atomic E-state index is 0.00765.